The molecule has 0 bridgehead atoms. The van der Waals surface area contributed by atoms with Crippen LogP contribution in [0.15, 0.2) is 82.5 Å². The molecular formula is C24H21N5O3. The molecule has 1 amide bonds. The van der Waals surface area contributed by atoms with Gasteiger partial charge < -0.3 is 14.8 Å². The lowest BCUT2D eigenvalue weighted by molar-refractivity contribution is 0.0746. The van der Waals surface area contributed by atoms with E-state index in [-0.39, 0.29) is 5.91 Å². The minimum atomic E-state index is -0.540. The maximum Gasteiger partial charge on any atom is 0.333 e. The zero-order valence-corrected chi connectivity index (χ0v) is 17.3. The number of para-hydroxylation sites is 1. The summed E-state index contributed by atoms with van der Waals surface area (Å²) in [6.45, 7) is 2.52. The molecule has 0 aliphatic carbocycles. The largest absolute Gasteiger partial charge is 0.353 e. The predicted molar refractivity (Wildman–Crippen MR) is 123 cm³/mol. The summed E-state index contributed by atoms with van der Waals surface area (Å²) >= 11 is 0. The highest BCUT2D eigenvalue weighted by Crippen LogP contribution is 2.16. The maximum atomic E-state index is 13.1. The summed E-state index contributed by atoms with van der Waals surface area (Å²) in [5.41, 5.74) is 0.327. The number of pyridine rings is 1. The van der Waals surface area contributed by atoms with Gasteiger partial charge in [-0.15, -0.1) is 0 Å². The number of fused-ring (bicyclic) bond motifs is 1. The summed E-state index contributed by atoms with van der Waals surface area (Å²) in [7, 11) is 0. The van der Waals surface area contributed by atoms with Crippen molar-refractivity contribution in [2.24, 2.45) is 0 Å². The van der Waals surface area contributed by atoms with Crippen LogP contribution in [0.25, 0.3) is 16.6 Å². The lowest BCUT2D eigenvalue weighted by atomic mass is 10.1. The third-order valence-electron chi connectivity index (χ3n) is 5.70. The molecule has 1 saturated heterocycles. The van der Waals surface area contributed by atoms with Gasteiger partial charge in [-0.25, -0.2) is 14.3 Å². The second-order valence-corrected chi connectivity index (χ2v) is 7.63. The number of rotatable bonds is 3. The van der Waals surface area contributed by atoms with Gasteiger partial charge in [0.2, 0.25) is 0 Å². The van der Waals surface area contributed by atoms with Crippen molar-refractivity contribution in [2.45, 2.75) is 0 Å². The Hall–Kier alpha value is -4.20. The van der Waals surface area contributed by atoms with Gasteiger partial charge in [0.15, 0.2) is 0 Å². The second-order valence-electron chi connectivity index (χ2n) is 7.63. The number of benzene rings is 2. The van der Waals surface area contributed by atoms with Crippen LogP contribution < -0.4 is 16.1 Å². The summed E-state index contributed by atoms with van der Waals surface area (Å²) < 4.78 is 1.10. The van der Waals surface area contributed by atoms with E-state index in [9.17, 15) is 14.4 Å². The van der Waals surface area contributed by atoms with Gasteiger partial charge in [-0.1, -0.05) is 24.3 Å². The molecule has 32 heavy (non-hydrogen) atoms. The van der Waals surface area contributed by atoms with Crippen LogP contribution in [0.3, 0.4) is 0 Å². The molecule has 3 heterocycles. The Kier molecular flexibility index (Phi) is 5.03. The van der Waals surface area contributed by atoms with Crippen LogP contribution in [0.4, 0.5) is 5.82 Å². The highest BCUT2D eigenvalue weighted by molar-refractivity contribution is 5.97. The van der Waals surface area contributed by atoms with Crippen molar-refractivity contribution < 1.29 is 4.79 Å². The quantitative estimate of drug-likeness (QED) is 0.540. The fraction of sp³-hybridized carbons (Fsp3) is 0.167. The average molecular weight is 427 g/mol. The average Bonchev–Trinajstić information content (AvgIpc) is 2.84. The molecule has 2 aromatic carbocycles. The highest BCUT2D eigenvalue weighted by atomic mass is 16.2. The van der Waals surface area contributed by atoms with Crippen LogP contribution >= 0.6 is 0 Å². The first-order valence-electron chi connectivity index (χ1n) is 10.4. The molecule has 0 spiro atoms. The molecule has 1 N–H and O–H groups in total. The van der Waals surface area contributed by atoms with Crippen LogP contribution in [-0.4, -0.2) is 51.5 Å². The smallest absolute Gasteiger partial charge is 0.333 e. The van der Waals surface area contributed by atoms with E-state index in [1.165, 1.54) is 0 Å². The number of piperazine rings is 1. The van der Waals surface area contributed by atoms with Gasteiger partial charge in [0.1, 0.15) is 5.82 Å². The van der Waals surface area contributed by atoms with Crippen LogP contribution in [0.2, 0.25) is 0 Å². The Balaban J connectivity index is 1.40. The number of anilines is 1. The van der Waals surface area contributed by atoms with Gasteiger partial charge in [-0.3, -0.25) is 9.59 Å². The SMILES string of the molecule is O=C(c1ccc2c(=O)n(-c3ccccc3)c(=O)[nH]c2c1)N1CCN(c2ccccn2)CC1. The van der Waals surface area contributed by atoms with Gasteiger partial charge in [-0.05, 0) is 42.5 Å². The molecular weight excluding hydrogens is 406 g/mol. The Morgan fingerprint density at radius 3 is 2.34 bits per heavy atom. The number of carbonyl (C=O) groups excluding carboxylic acids is 1. The number of amides is 1. The minimum Gasteiger partial charge on any atom is -0.353 e. The number of H-pyrrole nitrogens is 1. The predicted octanol–water partition coefficient (Wildman–Crippen LogP) is 2.04. The van der Waals surface area contributed by atoms with Gasteiger partial charge in [0, 0.05) is 37.9 Å². The molecule has 1 fully saturated rings. The van der Waals surface area contributed by atoms with Gasteiger partial charge in [-0.2, -0.15) is 0 Å². The van der Waals surface area contributed by atoms with E-state index in [0.29, 0.717) is 48.3 Å². The first-order valence-corrected chi connectivity index (χ1v) is 10.4. The third kappa shape index (κ3) is 3.56. The second kappa shape index (κ2) is 8.14. The molecule has 4 aromatic rings. The number of aromatic amines is 1. The number of hydrogen-bond donors (Lipinski definition) is 1. The minimum absolute atomic E-state index is 0.124. The third-order valence-corrected chi connectivity index (χ3v) is 5.70. The van der Waals surface area contributed by atoms with E-state index in [1.807, 2.05) is 24.3 Å². The molecule has 2 aromatic heterocycles. The topological polar surface area (TPSA) is 91.3 Å². The zero-order chi connectivity index (χ0) is 22.1. The van der Waals surface area contributed by atoms with Gasteiger partial charge >= 0.3 is 5.69 Å². The molecule has 0 saturated carbocycles. The van der Waals surface area contributed by atoms with Crippen LogP contribution in [0.1, 0.15) is 10.4 Å². The fourth-order valence-electron chi connectivity index (χ4n) is 4.02. The van der Waals surface area contributed by atoms with Crippen molar-refractivity contribution in [1.82, 2.24) is 19.4 Å². The Morgan fingerprint density at radius 2 is 1.62 bits per heavy atom. The van der Waals surface area contributed by atoms with E-state index in [1.54, 1.807) is 53.6 Å². The summed E-state index contributed by atoms with van der Waals surface area (Å²) in [5.74, 6) is 0.776. The molecule has 0 unspecified atom stereocenters. The molecule has 160 valence electrons. The van der Waals surface area contributed by atoms with Crippen molar-refractivity contribution in [3.8, 4) is 5.69 Å². The van der Waals surface area contributed by atoms with Crippen molar-refractivity contribution in [3.05, 3.63) is 99.3 Å². The molecule has 5 rings (SSSR count). The lowest BCUT2D eigenvalue weighted by Gasteiger charge is -2.35. The van der Waals surface area contributed by atoms with Gasteiger partial charge in [0.05, 0.1) is 16.6 Å². The first kappa shape index (κ1) is 19.7. The van der Waals surface area contributed by atoms with Crippen molar-refractivity contribution in [1.29, 1.82) is 0 Å². The normalized spacial score (nSPS) is 14.0. The van der Waals surface area contributed by atoms with Crippen molar-refractivity contribution >= 4 is 22.6 Å². The molecule has 0 radical (unpaired) electrons. The number of hydrogen-bond acceptors (Lipinski definition) is 5. The zero-order valence-electron chi connectivity index (χ0n) is 17.3. The molecule has 0 atom stereocenters. The van der Waals surface area contributed by atoms with Crippen LogP contribution in [0, 0.1) is 0 Å². The maximum absolute atomic E-state index is 13.1. The fourth-order valence-corrected chi connectivity index (χ4v) is 4.02. The Bertz CT molecular complexity index is 1390. The number of nitrogens with one attached hydrogen (secondary N) is 1. The van der Waals surface area contributed by atoms with Crippen LogP contribution in [0.5, 0.6) is 0 Å². The Labute approximate surface area is 183 Å². The van der Waals surface area contributed by atoms with E-state index in [0.717, 1.165) is 10.4 Å². The number of nitrogens with zero attached hydrogens (tertiary/aromatic N) is 4. The molecule has 1 aliphatic heterocycles. The van der Waals surface area contributed by atoms with Gasteiger partial charge in [0.25, 0.3) is 11.5 Å². The standard InChI is InChI=1S/C24H21N5O3/c30-22(28-14-12-27(13-15-28)21-8-4-5-11-25-21)17-9-10-19-20(16-17)26-24(32)29(23(19)31)18-6-2-1-3-7-18/h1-11,16H,12-15H2,(H,26,32). The molecule has 8 heteroatoms. The Morgan fingerprint density at radius 1 is 0.875 bits per heavy atom. The molecule has 8 nitrogen and oxygen atoms in total. The van der Waals surface area contributed by atoms with Crippen molar-refractivity contribution in [3.63, 3.8) is 0 Å². The number of aromatic nitrogens is 3. The van der Waals surface area contributed by atoms with Crippen LogP contribution in [-0.2, 0) is 0 Å². The van der Waals surface area contributed by atoms with E-state index in [4.69, 9.17) is 0 Å². The summed E-state index contributed by atoms with van der Waals surface area (Å²) in [5, 5.41) is 0.352. The van der Waals surface area contributed by atoms with E-state index >= 15 is 0 Å². The van der Waals surface area contributed by atoms with E-state index < -0.39 is 11.2 Å². The summed E-state index contributed by atoms with van der Waals surface area (Å²) in [6.07, 6.45) is 1.76. The van der Waals surface area contributed by atoms with Crippen molar-refractivity contribution in [2.75, 3.05) is 31.1 Å². The summed E-state index contributed by atoms with van der Waals surface area (Å²) in [4.78, 5) is 49.6. The lowest BCUT2D eigenvalue weighted by Crippen LogP contribution is -2.49. The first-order chi connectivity index (χ1) is 15.6. The molecule has 1 aliphatic rings. The monoisotopic (exact) mass is 427 g/mol. The number of carbonyl (C=O) groups is 1. The summed E-state index contributed by atoms with van der Waals surface area (Å²) in [6, 6.07) is 19.4. The van der Waals surface area contributed by atoms with E-state index in [2.05, 4.69) is 14.9 Å². The highest BCUT2D eigenvalue weighted by Gasteiger charge is 2.23.